The fourth-order valence-corrected chi connectivity index (χ4v) is 3.75. The second kappa shape index (κ2) is 6.54. The van der Waals surface area contributed by atoms with Crippen LogP contribution < -0.4 is 4.90 Å². The number of imide groups is 1. The van der Waals surface area contributed by atoms with Crippen molar-refractivity contribution in [1.82, 2.24) is 0 Å². The van der Waals surface area contributed by atoms with Crippen molar-refractivity contribution in [1.29, 1.82) is 0 Å². The topological polar surface area (TPSA) is 46.6 Å². The Hall–Kier alpha value is -2.72. The SMILES string of the molecule is Cc1ccccc1C=C1C(=O)N(c2ccccc2)C(=O)C12CCCCO2. The van der Waals surface area contributed by atoms with Crippen LogP contribution in [-0.2, 0) is 14.3 Å². The molecule has 1 spiro atoms. The molecule has 4 rings (SSSR count). The molecule has 0 N–H and O–H groups in total. The first-order chi connectivity index (χ1) is 12.6. The van der Waals surface area contributed by atoms with Gasteiger partial charge in [-0.25, -0.2) is 4.90 Å². The fraction of sp³-hybridized carbons (Fsp3) is 0.273. The Morgan fingerprint density at radius 2 is 1.73 bits per heavy atom. The van der Waals surface area contributed by atoms with Crippen LogP contribution in [0.3, 0.4) is 0 Å². The van der Waals surface area contributed by atoms with Gasteiger partial charge in [0.2, 0.25) is 0 Å². The molecule has 26 heavy (non-hydrogen) atoms. The number of anilines is 1. The smallest absolute Gasteiger partial charge is 0.271 e. The predicted octanol–water partition coefficient (Wildman–Crippen LogP) is 3.89. The summed E-state index contributed by atoms with van der Waals surface area (Å²) < 4.78 is 6.01. The van der Waals surface area contributed by atoms with Gasteiger partial charge in [0.05, 0.1) is 11.3 Å². The maximum atomic E-state index is 13.3. The zero-order valence-corrected chi connectivity index (χ0v) is 14.8. The second-order valence-electron chi connectivity index (χ2n) is 6.83. The second-order valence-corrected chi connectivity index (χ2v) is 6.83. The van der Waals surface area contributed by atoms with Crippen molar-refractivity contribution in [3.63, 3.8) is 0 Å². The highest BCUT2D eigenvalue weighted by Gasteiger charge is 2.57. The maximum absolute atomic E-state index is 13.3. The van der Waals surface area contributed by atoms with Gasteiger partial charge in [0, 0.05) is 6.61 Å². The molecule has 2 heterocycles. The number of carbonyl (C=O) groups excluding carboxylic acids is 2. The minimum Gasteiger partial charge on any atom is -0.360 e. The summed E-state index contributed by atoms with van der Waals surface area (Å²) in [5.41, 5.74) is 1.87. The minimum absolute atomic E-state index is 0.270. The highest BCUT2D eigenvalue weighted by Crippen LogP contribution is 2.42. The lowest BCUT2D eigenvalue weighted by Crippen LogP contribution is -2.45. The molecule has 4 nitrogen and oxygen atoms in total. The molecule has 132 valence electrons. The molecular weight excluding hydrogens is 326 g/mol. The first-order valence-electron chi connectivity index (χ1n) is 8.99. The third-order valence-electron chi connectivity index (χ3n) is 5.19. The molecule has 0 saturated carbocycles. The Morgan fingerprint density at radius 3 is 2.42 bits per heavy atom. The Balaban J connectivity index is 1.86. The highest BCUT2D eigenvalue weighted by molar-refractivity contribution is 6.33. The van der Waals surface area contributed by atoms with Gasteiger partial charge in [-0.1, -0.05) is 42.5 Å². The molecule has 2 aliphatic rings. The highest BCUT2D eigenvalue weighted by atomic mass is 16.5. The van der Waals surface area contributed by atoms with E-state index in [9.17, 15) is 9.59 Å². The molecule has 2 aliphatic heterocycles. The first-order valence-corrected chi connectivity index (χ1v) is 8.99. The number of benzene rings is 2. The Bertz CT molecular complexity index is 879. The molecular formula is C22H21NO3. The molecule has 2 amide bonds. The molecule has 0 aliphatic carbocycles. The van der Waals surface area contributed by atoms with E-state index in [1.54, 1.807) is 12.1 Å². The van der Waals surface area contributed by atoms with Crippen LogP contribution in [0.1, 0.15) is 30.4 Å². The molecule has 2 aromatic carbocycles. The van der Waals surface area contributed by atoms with Gasteiger partial charge in [-0.15, -0.1) is 0 Å². The number of para-hydroxylation sites is 1. The van der Waals surface area contributed by atoms with E-state index < -0.39 is 5.60 Å². The fourth-order valence-electron chi connectivity index (χ4n) is 3.75. The number of hydrogen-bond acceptors (Lipinski definition) is 3. The number of ether oxygens (including phenoxy) is 1. The van der Waals surface area contributed by atoms with Crippen LogP contribution in [0.25, 0.3) is 6.08 Å². The summed E-state index contributed by atoms with van der Waals surface area (Å²) in [4.78, 5) is 27.9. The van der Waals surface area contributed by atoms with Crippen LogP contribution in [0, 0.1) is 6.92 Å². The number of nitrogens with zero attached hydrogens (tertiary/aromatic N) is 1. The van der Waals surface area contributed by atoms with Crippen molar-refractivity contribution in [3.8, 4) is 0 Å². The zero-order chi connectivity index (χ0) is 18.1. The quantitative estimate of drug-likeness (QED) is 0.612. The Kier molecular flexibility index (Phi) is 4.21. The van der Waals surface area contributed by atoms with E-state index in [0.717, 1.165) is 24.0 Å². The summed E-state index contributed by atoms with van der Waals surface area (Å²) in [7, 11) is 0. The van der Waals surface area contributed by atoms with Crippen LogP contribution in [0.5, 0.6) is 0 Å². The number of carbonyl (C=O) groups is 2. The van der Waals surface area contributed by atoms with Gasteiger partial charge in [-0.3, -0.25) is 9.59 Å². The third-order valence-corrected chi connectivity index (χ3v) is 5.19. The summed E-state index contributed by atoms with van der Waals surface area (Å²) in [6.45, 7) is 2.49. The average molecular weight is 347 g/mol. The number of hydrogen-bond donors (Lipinski definition) is 0. The molecule has 1 atom stereocenters. The van der Waals surface area contributed by atoms with E-state index in [2.05, 4.69) is 0 Å². The van der Waals surface area contributed by atoms with E-state index in [0.29, 0.717) is 24.3 Å². The summed E-state index contributed by atoms with van der Waals surface area (Å²) in [6.07, 6.45) is 4.15. The van der Waals surface area contributed by atoms with Crippen molar-refractivity contribution >= 4 is 23.6 Å². The van der Waals surface area contributed by atoms with Gasteiger partial charge in [0.1, 0.15) is 0 Å². The predicted molar refractivity (Wildman–Crippen MR) is 101 cm³/mol. The summed E-state index contributed by atoms with van der Waals surface area (Å²) >= 11 is 0. The van der Waals surface area contributed by atoms with Crippen LogP contribution in [0.15, 0.2) is 60.2 Å². The van der Waals surface area contributed by atoms with Crippen molar-refractivity contribution in [2.45, 2.75) is 31.8 Å². The number of aryl methyl sites for hydroxylation is 1. The van der Waals surface area contributed by atoms with Crippen molar-refractivity contribution < 1.29 is 14.3 Å². The molecule has 2 fully saturated rings. The maximum Gasteiger partial charge on any atom is 0.271 e. The lowest BCUT2D eigenvalue weighted by molar-refractivity contribution is -0.140. The average Bonchev–Trinajstić information content (AvgIpc) is 2.86. The van der Waals surface area contributed by atoms with Crippen LogP contribution in [-0.4, -0.2) is 24.0 Å². The summed E-state index contributed by atoms with van der Waals surface area (Å²) in [5, 5.41) is 0. The Labute approximate surface area is 153 Å². The first kappa shape index (κ1) is 16.7. The van der Waals surface area contributed by atoms with Crippen molar-refractivity contribution in [2.75, 3.05) is 11.5 Å². The van der Waals surface area contributed by atoms with Gasteiger partial charge < -0.3 is 4.74 Å². The largest absolute Gasteiger partial charge is 0.360 e. The van der Waals surface area contributed by atoms with Gasteiger partial charge in [-0.2, -0.15) is 0 Å². The van der Waals surface area contributed by atoms with E-state index in [1.807, 2.05) is 55.5 Å². The summed E-state index contributed by atoms with van der Waals surface area (Å²) in [6, 6.07) is 16.9. The summed E-state index contributed by atoms with van der Waals surface area (Å²) in [5.74, 6) is -0.556. The van der Waals surface area contributed by atoms with Crippen molar-refractivity contribution in [3.05, 3.63) is 71.3 Å². The van der Waals surface area contributed by atoms with Gasteiger partial charge >= 0.3 is 0 Å². The van der Waals surface area contributed by atoms with Gasteiger partial charge in [0.15, 0.2) is 5.60 Å². The molecule has 0 aromatic heterocycles. The number of amides is 2. The van der Waals surface area contributed by atoms with Crippen LogP contribution >= 0.6 is 0 Å². The standard InChI is InChI=1S/C22H21NO3/c1-16-9-5-6-10-17(16)15-19-20(24)23(18-11-3-2-4-12-18)21(25)22(19)13-7-8-14-26-22/h2-6,9-12,15H,7-8,13-14H2,1H3. The van der Waals surface area contributed by atoms with Gasteiger partial charge in [-0.05, 0) is 55.5 Å². The van der Waals surface area contributed by atoms with Crippen LogP contribution in [0.4, 0.5) is 5.69 Å². The molecule has 2 saturated heterocycles. The molecule has 4 heteroatoms. The van der Waals surface area contributed by atoms with Crippen LogP contribution in [0.2, 0.25) is 0 Å². The molecule has 1 unspecified atom stereocenters. The van der Waals surface area contributed by atoms with E-state index in [1.165, 1.54) is 4.90 Å². The third kappa shape index (κ3) is 2.58. The molecule has 0 radical (unpaired) electrons. The van der Waals surface area contributed by atoms with Crippen molar-refractivity contribution in [2.24, 2.45) is 0 Å². The van der Waals surface area contributed by atoms with E-state index >= 15 is 0 Å². The lowest BCUT2D eigenvalue weighted by atomic mass is 9.86. The van der Waals surface area contributed by atoms with Gasteiger partial charge in [0.25, 0.3) is 11.8 Å². The monoisotopic (exact) mass is 347 g/mol. The molecule has 2 aromatic rings. The normalized spacial score (nSPS) is 24.7. The Morgan fingerprint density at radius 1 is 1.00 bits per heavy atom. The number of rotatable bonds is 2. The lowest BCUT2D eigenvalue weighted by Gasteiger charge is -2.32. The van der Waals surface area contributed by atoms with E-state index in [4.69, 9.17) is 4.74 Å². The van der Waals surface area contributed by atoms with E-state index in [-0.39, 0.29) is 11.8 Å². The molecule has 0 bridgehead atoms. The minimum atomic E-state index is -1.16. The zero-order valence-electron chi connectivity index (χ0n) is 14.8.